The Labute approximate surface area is 137 Å². The van der Waals surface area contributed by atoms with Crippen LogP contribution in [0.5, 0.6) is 0 Å². The molecule has 1 aliphatic rings. The molecule has 1 aromatic carbocycles. The van der Waals surface area contributed by atoms with E-state index >= 15 is 0 Å². The summed E-state index contributed by atoms with van der Waals surface area (Å²) in [7, 11) is 0. The van der Waals surface area contributed by atoms with Crippen molar-refractivity contribution >= 4 is 27.9 Å². The van der Waals surface area contributed by atoms with Crippen molar-refractivity contribution in [2.45, 2.75) is 0 Å². The van der Waals surface area contributed by atoms with Crippen molar-refractivity contribution in [2.24, 2.45) is 0 Å². The minimum Gasteiger partial charge on any atom is -0.457 e. The standard InChI is InChI=1S/C17H16BrNO3/c18-14-3-1-13(2-4-14)16-7-5-15(22-16)6-8-17(20)19-9-11-21-12-10-19/h1-8H,9-12H2/b8-6+. The summed E-state index contributed by atoms with van der Waals surface area (Å²) in [5, 5.41) is 0. The third-order valence-corrected chi connectivity index (χ3v) is 4.00. The van der Waals surface area contributed by atoms with E-state index in [-0.39, 0.29) is 5.91 Å². The Bertz CT molecular complexity index is 669. The van der Waals surface area contributed by atoms with Crippen molar-refractivity contribution < 1.29 is 13.9 Å². The Balaban J connectivity index is 1.67. The van der Waals surface area contributed by atoms with E-state index in [1.54, 1.807) is 17.1 Å². The molecule has 114 valence electrons. The molecule has 0 saturated carbocycles. The topological polar surface area (TPSA) is 42.7 Å². The van der Waals surface area contributed by atoms with Crippen molar-refractivity contribution in [3.05, 3.63) is 52.7 Å². The Hall–Kier alpha value is -1.85. The van der Waals surface area contributed by atoms with E-state index in [9.17, 15) is 4.79 Å². The number of benzene rings is 1. The predicted molar refractivity (Wildman–Crippen MR) is 88.3 cm³/mol. The van der Waals surface area contributed by atoms with Crippen LogP contribution in [0.15, 0.2) is 51.4 Å². The number of hydrogen-bond acceptors (Lipinski definition) is 3. The molecular formula is C17H16BrNO3. The van der Waals surface area contributed by atoms with Crippen LogP contribution in [0.25, 0.3) is 17.4 Å². The van der Waals surface area contributed by atoms with Gasteiger partial charge in [0.25, 0.3) is 0 Å². The second-order valence-corrected chi connectivity index (χ2v) is 5.90. The lowest BCUT2D eigenvalue weighted by Gasteiger charge is -2.25. The normalized spacial score (nSPS) is 15.4. The first-order valence-electron chi connectivity index (χ1n) is 7.13. The third kappa shape index (κ3) is 3.67. The zero-order valence-electron chi connectivity index (χ0n) is 12.0. The molecule has 1 fully saturated rings. The van der Waals surface area contributed by atoms with Crippen LogP contribution in [0.2, 0.25) is 0 Å². The maximum Gasteiger partial charge on any atom is 0.246 e. The molecule has 22 heavy (non-hydrogen) atoms. The number of rotatable bonds is 3. The van der Waals surface area contributed by atoms with E-state index in [1.165, 1.54) is 0 Å². The van der Waals surface area contributed by atoms with Crippen molar-refractivity contribution in [2.75, 3.05) is 26.3 Å². The molecule has 0 radical (unpaired) electrons. The summed E-state index contributed by atoms with van der Waals surface area (Å²) in [4.78, 5) is 13.8. The quantitative estimate of drug-likeness (QED) is 0.784. The van der Waals surface area contributed by atoms with Gasteiger partial charge in [-0.1, -0.05) is 28.1 Å². The minimum absolute atomic E-state index is 0.00936. The summed E-state index contributed by atoms with van der Waals surface area (Å²) in [5.41, 5.74) is 1.00. The third-order valence-electron chi connectivity index (χ3n) is 3.47. The highest BCUT2D eigenvalue weighted by atomic mass is 79.9. The van der Waals surface area contributed by atoms with Crippen LogP contribution < -0.4 is 0 Å². The molecule has 1 aliphatic heterocycles. The summed E-state index contributed by atoms with van der Waals surface area (Å²) in [5.74, 6) is 1.44. The smallest absolute Gasteiger partial charge is 0.246 e. The van der Waals surface area contributed by atoms with Gasteiger partial charge in [-0.2, -0.15) is 0 Å². The number of carbonyl (C=O) groups excluding carboxylic acids is 1. The summed E-state index contributed by atoms with van der Waals surface area (Å²) >= 11 is 3.41. The van der Waals surface area contributed by atoms with Crippen LogP contribution in [0.1, 0.15) is 5.76 Å². The van der Waals surface area contributed by atoms with Gasteiger partial charge in [0.1, 0.15) is 11.5 Å². The molecule has 2 heterocycles. The van der Waals surface area contributed by atoms with Gasteiger partial charge in [0.05, 0.1) is 13.2 Å². The van der Waals surface area contributed by atoms with Gasteiger partial charge >= 0.3 is 0 Å². The van der Waals surface area contributed by atoms with Crippen molar-refractivity contribution in [3.8, 4) is 11.3 Å². The lowest BCUT2D eigenvalue weighted by atomic mass is 10.2. The molecule has 1 saturated heterocycles. The van der Waals surface area contributed by atoms with Gasteiger partial charge in [-0.05, 0) is 30.3 Å². The number of morpholine rings is 1. The number of furan rings is 1. The second-order valence-electron chi connectivity index (χ2n) is 4.98. The van der Waals surface area contributed by atoms with Crippen LogP contribution in [-0.4, -0.2) is 37.1 Å². The molecule has 0 unspecified atom stereocenters. The van der Waals surface area contributed by atoms with E-state index in [0.29, 0.717) is 32.1 Å². The molecule has 5 heteroatoms. The molecule has 0 spiro atoms. The summed E-state index contributed by atoms with van der Waals surface area (Å²) < 4.78 is 12.0. The van der Waals surface area contributed by atoms with Gasteiger partial charge in [0, 0.05) is 29.2 Å². The Morgan fingerprint density at radius 3 is 2.55 bits per heavy atom. The lowest BCUT2D eigenvalue weighted by molar-refractivity contribution is -0.129. The zero-order chi connectivity index (χ0) is 15.4. The van der Waals surface area contributed by atoms with E-state index in [0.717, 1.165) is 15.8 Å². The van der Waals surface area contributed by atoms with Crippen molar-refractivity contribution in [1.29, 1.82) is 0 Å². The van der Waals surface area contributed by atoms with Gasteiger partial charge in [0.15, 0.2) is 0 Å². The fourth-order valence-corrected chi connectivity index (χ4v) is 2.52. The highest BCUT2D eigenvalue weighted by Gasteiger charge is 2.14. The first kappa shape index (κ1) is 15.1. The SMILES string of the molecule is O=C(/C=C/c1ccc(-c2ccc(Br)cc2)o1)N1CCOCC1. The molecule has 0 bridgehead atoms. The molecular weight excluding hydrogens is 346 g/mol. The predicted octanol–water partition coefficient (Wildman–Crippen LogP) is 3.58. The average Bonchev–Trinajstić information content (AvgIpc) is 3.03. The van der Waals surface area contributed by atoms with Crippen LogP contribution in [0.4, 0.5) is 0 Å². The molecule has 2 aromatic rings. The Morgan fingerprint density at radius 1 is 1.09 bits per heavy atom. The van der Waals surface area contributed by atoms with Gasteiger partial charge in [-0.3, -0.25) is 4.79 Å². The molecule has 0 N–H and O–H groups in total. The number of carbonyl (C=O) groups is 1. The van der Waals surface area contributed by atoms with Crippen LogP contribution in [0, 0.1) is 0 Å². The van der Waals surface area contributed by atoms with E-state index in [4.69, 9.17) is 9.15 Å². The monoisotopic (exact) mass is 361 g/mol. The highest BCUT2D eigenvalue weighted by Crippen LogP contribution is 2.24. The second kappa shape index (κ2) is 6.94. The number of nitrogens with zero attached hydrogens (tertiary/aromatic N) is 1. The van der Waals surface area contributed by atoms with Crippen molar-refractivity contribution in [1.82, 2.24) is 4.90 Å². The number of hydrogen-bond donors (Lipinski definition) is 0. The molecule has 1 aromatic heterocycles. The first-order chi connectivity index (χ1) is 10.7. The summed E-state index contributed by atoms with van der Waals surface area (Å²) in [6.45, 7) is 2.50. The maximum absolute atomic E-state index is 12.0. The molecule has 1 amide bonds. The fourth-order valence-electron chi connectivity index (χ4n) is 2.25. The van der Waals surface area contributed by atoms with Crippen molar-refractivity contribution in [3.63, 3.8) is 0 Å². The van der Waals surface area contributed by atoms with E-state index in [2.05, 4.69) is 15.9 Å². The minimum atomic E-state index is -0.00936. The van der Waals surface area contributed by atoms with Crippen LogP contribution >= 0.6 is 15.9 Å². The lowest BCUT2D eigenvalue weighted by Crippen LogP contribution is -2.39. The number of amides is 1. The highest BCUT2D eigenvalue weighted by molar-refractivity contribution is 9.10. The summed E-state index contributed by atoms with van der Waals surface area (Å²) in [6.07, 6.45) is 3.26. The van der Waals surface area contributed by atoms with Gasteiger partial charge < -0.3 is 14.1 Å². The first-order valence-corrected chi connectivity index (χ1v) is 7.92. The average molecular weight is 362 g/mol. The number of halogens is 1. The summed E-state index contributed by atoms with van der Waals surface area (Å²) in [6, 6.07) is 11.7. The zero-order valence-corrected chi connectivity index (χ0v) is 13.6. The van der Waals surface area contributed by atoms with E-state index in [1.807, 2.05) is 36.4 Å². The molecule has 0 atom stereocenters. The Kier molecular flexibility index (Phi) is 4.75. The molecule has 4 nitrogen and oxygen atoms in total. The fraction of sp³-hybridized carbons (Fsp3) is 0.235. The van der Waals surface area contributed by atoms with Gasteiger partial charge in [-0.25, -0.2) is 0 Å². The van der Waals surface area contributed by atoms with Gasteiger partial charge in [0.2, 0.25) is 5.91 Å². The van der Waals surface area contributed by atoms with Gasteiger partial charge in [-0.15, -0.1) is 0 Å². The number of ether oxygens (including phenoxy) is 1. The van der Waals surface area contributed by atoms with Crippen LogP contribution in [-0.2, 0) is 9.53 Å². The molecule has 3 rings (SSSR count). The maximum atomic E-state index is 12.0. The molecule has 0 aliphatic carbocycles. The Morgan fingerprint density at radius 2 is 1.82 bits per heavy atom. The van der Waals surface area contributed by atoms with E-state index < -0.39 is 0 Å². The van der Waals surface area contributed by atoms with Crippen LogP contribution in [0.3, 0.4) is 0 Å². The largest absolute Gasteiger partial charge is 0.457 e.